The smallest absolute Gasteiger partial charge is 0.305 e. The van der Waals surface area contributed by atoms with Gasteiger partial charge in [0.25, 0.3) is 0 Å². The fourth-order valence-electron chi connectivity index (χ4n) is 10.3. The zero-order chi connectivity index (χ0) is 51.4. The molecule has 0 aromatic carbocycles. The fourth-order valence-corrected chi connectivity index (χ4v) is 10.3. The van der Waals surface area contributed by atoms with Crippen molar-refractivity contribution in [3.05, 3.63) is 12.2 Å². The summed E-state index contributed by atoms with van der Waals surface area (Å²) >= 11 is 0. The summed E-state index contributed by atoms with van der Waals surface area (Å²) in [6, 6.07) is -0.544. The summed E-state index contributed by atoms with van der Waals surface area (Å²) in [7, 11) is 0. The van der Waals surface area contributed by atoms with Crippen LogP contribution in [0.2, 0.25) is 0 Å². The summed E-state index contributed by atoms with van der Waals surface area (Å²) in [5, 5.41) is 23.3. The maximum absolute atomic E-state index is 12.5. The van der Waals surface area contributed by atoms with E-state index in [9.17, 15) is 19.8 Å². The summed E-state index contributed by atoms with van der Waals surface area (Å²) in [6.07, 6.45) is 73.6. The molecule has 2 unspecified atom stereocenters. The van der Waals surface area contributed by atoms with Gasteiger partial charge in [0.1, 0.15) is 0 Å². The lowest BCUT2D eigenvalue weighted by Crippen LogP contribution is -2.45. The summed E-state index contributed by atoms with van der Waals surface area (Å²) < 4.78 is 5.50. The minimum atomic E-state index is -0.667. The molecule has 71 heavy (non-hydrogen) atoms. The van der Waals surface area contributed by atoms with Gasteiger partial charge in [0.05, 0.1) is 25.4 Å². The van der Waals surface area contributed by atoms with Crippen molar-refractivity contribution in [1.29, 1.82) is 0 Å². The number of allylic oxidation sites excluding steroid dienone is 2. The average Bonchev–Trinajstić information content (AvgIpc) is 3.37. The summed E-state index contributed by atoms with van der Waals surface area (Å²) in [5.41, 5.74) is 0. The van der Waals surface area contributed by atoms with Crippen molar-refractivity contribution in [3.8, 4) is 0 Å². The second-order valence-electron chi connectivity index (χ2n) is 22.5. The highest BCUT2D eigenvalue weighted by Crippen LogP contribution is 2.18. The van der Waals surface area contributed by atoms with Crippen LogP contribution in [0, 0.1) is 0 Å². The van der Waals surface area contributed by atoms with Gasteiger partial charge < -0.3 is 20.3 Å². The largest absolute Gasteiger partial charge is 0.466 e. The molecule has 0 saturated heterocycles. The van der Waals surface area contributed by atoms with Crippen LogP contribution in [-0.2, 0) is 14.3 Å². The van der Waals surface area contributed by atoms with E-state index in [0.29, 0.717) is 25.9 Å². The van der Waals surface area contributed by atoms with E-state index in [-0.39, 0.29) is 18.5 Å². The Bertz CT molecular complexity index is 1060. The van der Waals surface area contributed by atoms with E-state index < -0.39 is 12.1 Å². The van der Waals surface area contributed by atoms with Gasteiger partial charge in [0, 0.05) is 12.8 Å². The van der Waals surface area contributed by atoms with Gasteiger partial charge in [-0.25, -0.2) is 0 Å². The first-order chi connectivity index (χ1) is 35.0. The van der Waals surface area contributed by atoms with Gasteiger partial charge in [0.2, 0.25) is 5.91 Å². The number of amides is 1. The van der Waals surface area contributed by atoms with Gasteiger partial charge in [-0.05, 0) is 51.4 Å². The van der Waals surface area contributed by atoms with E-state index in [2.05, 4.69) is 31.3 Å². The molecule has 0 aliphatic carbocycles. The lowest BCUT2D eigenvalue weighted by Gasteiger charge is -2.22. The molecule has 0 aromatic rings. The number of ether oxygens (including phenoxy) is 1. The Morgan fingerprint density at radius 1 is 0.380 bits per heavy atom. The lowest BCUT2D eigenvalue weighted by molar-refractivity contribution is -0.143. The van der Waals surface area contributed by atoms with Crippen molar-refractivity contribution in [2.24, 2.45) is 0 Å². The number of hydrogen-bond acceptors (Lipinski definition) is 5. The topological polar surface area (TPSA) is 95.9 Å². The van der Waals surface area contributed by atoms with E-state index >= 15 is 0 Å². The molecular formula is C65H127NO5. The van der Waals surface area contributed by atoms with Crippen LogP contribution < -0.4 is 5.32 Å². The molecule has 2 atom stereocenters. The first-order valence-electron chi connectivity index (χ1n) is 32.4. The highest BCUT2D eigenvalue weighted by atomic mass is 16.5. The predicted octanol–water partition coefficient (Wildman–Crippen LogP) is 20.4. The van der Waals surface area contributed by atoms with Crippen LogP contribution in [0.1, 0.15) is 367 Å². The van der Waals surface area contributed by atoms with Crippen LogP contribution in [0.3, 0.4) is 0 Å². The van der Waals surface area contributed by atoms with E-state index in [1.807, 2.05) is 0 Å². The number of carbonyl (C=O) groups is 2. The molecule has 1 amide bonds. The number of aliphatic hydroxyl groups excluding tert-OH is 2. The molecule has 3 N–H and O–H groups in total. The second-order valence-corrected chi connectivity index (χ2v) is 22.5. The third kappa shape index (κ3) is 57.7. The van der Waals surface area contributed by atoms with Gasteiger partial charge in [-0.2, -0.15) is 0 Å². The monoisotopic (exact) mass is 1000 g/mol. The lowest BCUT2D eigenvalue weighted by atomic mass is 10.0. The SMILES string of the molecule is CCCCCCCC/C=C\CCCCCCCCCCCC(=O)OCCCCCCCCCCCCCCCCCCCCC(=O)NC(CO)C(O)CCCCCCCCCCCCCCCCCCC. The quantitative estimate of drug-likeness (QED) is 0.0320. The molecule has 0 rings (SSSR count). The molecule has 6 heteroatoms. The van der Waals surface area contributed by atoms with Crippen molar-refractivity contribution in [2.45, 2.75) is 379 Å². The summed E-state index contributed by atoms with van der Waals surface area (Å²) in [6.45, 7) is 4.97. The molecule has 0 aromatic heterocycles. The van der Waals surface area contributed by atoms with Crippen LogP contribution >= 0.6 is 0 Å². The maximum atomic E-state index is 12.5. The van der Waals surface area contributed by atoms with Crippen molar-refractivity contribution in [3.63, 3.8) is 0 Å². The summed E-state index contributed by atoms with van der Waals surface area (Å²) in [5.74, 6) is -0.0275. The molecular weight excluding hydrogens is 875 g/mol. The van der Waals surface area contributed by atoms with Crippen LogP contribution in [0.15, 0.2) is 12.2 Å². The number of aliphatic hydroxyl groups is 2. The van der Waals surface area contributed by atoms with Crippen LogP contribution in [0.5, 0.6) is 0 Å². The Labute approximate surface area is 444 Å². The number of rotatable bonds is 61. The maximum Gasteiger partial charge on any atom is 0.305 e. The fraction of sp³-hybridized carbons (Fsp3) is 0.938. The van der Waals surface area contributed by atoms with Crippen LogP contribution in [0.25, 0.3) is 0 Å². The van der Waals surface area contributed by atoms with Gasteiger partial charge in [-0.15, -0.1) is 0 Å². The van der Waals surface area contributed by atoms with Gasteiger partial charge in [0.15, 0.2) is 0 Å². The number of hydrogen-bond donors (Lipinski definition) is 3. The first-order valence-corrected chi connectivity index (χ1v) is 32.4. The number of nitrogens with one attached hydrogen (secondary N) is 1. The highest BCUT2D eigenvalue weighted by Gasteiger charge is 2.20. The van der Waals surface area contributed by atoms with Crippen molar-refractivity contribution >= 4 is 11.9 Å². The zero-order valence-electron chi connectivity index (χ0n) is 48.2. The third-order valence-electron chi connectivity index (χ3n) is 15.3. The Morgan fingerprint density at radius 2 is 0.662 bits per heavy atom. The zero-order valence-corrected chi connectivity index (χ0v) is 48.2. The minimum Gasteiger partial charge on any atom is -0.466 e. The normalized spacial score (nSPS) is 12.6. The number of esters is 1. The molecule has 0 heterocycles. The van der Waals surface area contributed by atoms with Crippen LogP contribution in [0.4, 0.5) is 0 Å². The molecule has 0 spiro atoms. The Morgan fingerprint density at radius 3 is 1.00 bits per heavy atom. The molecule has 0 fully saturated rings. The molecule has 422 valence electrons. The van der Waals surface area contributed by atoms with E-state index in [4.69, 9.17) is 4.74 Å². The van der Waals surface area contributed by atoms with E-state index in [1.54, 1.807) is 0 Å². The van der Waals surface area contributed by atoms with E-state index in [1.165, 1.54) is 289 Å². The minimum absolute atomic E-state index is 0.00801. The molecule has 0 saturated carbocycles. The second kappa shape index (κ2) is 61.1. The number of unbranched alkanes of at least 4 members (excludes halogenated alkanes) is 48. The standard InChI is InChI=1S/C65H127NO5/c1-3-5-7-9-11-13-15-17-19-21-22-27-31-35-39-43-47-51-55-59-65(70)71-60-56-52-48-44-40-36-32-28-24-23-26-30-34-38-42-46-50-54-58-64(69)66-62(61-67)63(68)57-53-49-45-41-37-33-29-25-20-18-16-14-12-10-8-6-4-2/h17,19,62-63,67-68H,3-16,18,20-61H2,1-2H3,(H,66,69)/b19-17-. The van der Waals surface area contributed by atoms with Gasteiger partial charge in [-0.3, -0.25) is 9.59 Å². The average molecular weight is 1000 g/mol. The Kier molecular flexibility index (Phi) is 59.9. The van der Waals surface area contributed by atoms with Crippen molar-refractivity contribution in [2.75, 3.05) is 13.2 Å². The van der Waals surface area contributed by atoms with Crippen LogP contribution in [-0.4, -0.2) is 47.4 Å². The molecule has 0 radical (unpaired) electrons. The van der Waals surface area contributed by atoms with Crippen molar-refractivity contribution in [1.82, 2.24) is 5.32 Å². The predicted molar refractivity (Wildman–Crippen MR) is 310 cm³/mol. The van der Waals surface area contributed by atoms with E-state index in [0.717, 1.165) is 44.9 Å². The van der Waals surface area contributed by atoms with Gasteiger partial charge >= 0.3 is 5.97 Å². The van der Waals surface area contributed by atoms with Gasteiger partial charge in [-0.1, -0.05) is 315 Å². The molecule has 6 nitrogen and oxygen atoms in total. The third-order valence-corrected chi connectivity index (χ3v) is 15.3. The number of carbonyl (C=O) groups excluding carboxylic acids is 2. The molecule has 0 bridgehead atoms. The van der Waals surface area contributed by atoms with Crippen molar-refractivity contribution < 1.29 is 24.5 Å². The molecule has 0 aliphatic heterocycles. The first kappa shape index (κ1) is 69.6. The molecule has 0 aliphatic rings. The Hall–Kier alpha value is -1.40. The highest BCUT2D eigenvalue weighted by molar-refractivity contribution is 5.76. The summed E-state index contributed by atoms with van der Waals surface area (Å²) in [4.78, 5) is 24.6. The Balaban J connectivity index is 3.38.